The van der Waals surface area contributed by atoms with Gasteiger partial charge in [0.05, 0.1) is 10.5 Å². The van der Waals surface area contributed by atoms with Crippen molar-refractivity contribution in [3.05, 3.63) is 16.3 Å². The van der Waals surface area contributed by atoms with E-state index in [-0.39, 0.29) is 17.5 Å². The summed E-state index contributed by atoms with van der Waals surface area (Å²) in [6, 6.07) is 0. The Morgan fingerprint density at radius 2 is 2.05 bits per heavy atom. The molecule has 116 valence electrons. The van der Waals surface area contributed by atoms with E-state index in [1.165, 1.54) is 0 Å². The molecule has 2 rings (SSSR count). The molecular weight excluding hydrogens is 276 g/mol. The molecule has 0 unspecified atom stereocenters. The largest absolute Gasteiger partial charge is 0.389 e. The summed E-state index contributed by atoms with van der Waals surface area (Å²) >= 11 is 0. The van der Waals surface area contributed by atoms with Crippen LogP contribution >= 0.6 is 0 Å². The second-order valence-corrected chi connectivity index (χ2v) is 5.77. The number of hydrogen-bond donors (Lipinski definition) is 2. The van der Waals surface area contributed by atoms with Gasteiger partial charge >= 0.3 is 5.69 Å². The van der Waals surface area contributed by atoms with Gasteiger partial charge < -0.3 is 15.7 Å². The third-order valence-electron chi connectivity index (χ3n) is 3.25. The first-order chi connectivity index (χ1) is 9.76. The number of aliphatic hydroxyl groups is 1. The van der Waals surface area contributed by atoms with Gasteiger partial charge in [-0.15, -0.1) is 0 Å². The molecule has 2 heterocycles. The summed E-state index contributed by atoms with van der Waals surface area (Å²) in [5.41, 5.74) is 4.63. The summed E-state index contributed by atoms with van der Waals surface area (Å²) in [6.07, 6.45) is 1.14. The minimum Gasteiger partial charge on any atom is -0.389 e. The van der Waals surface area contributed by atoms with E-state index in [0.717, 1.165) is 6.20 Å². The maximum atomic E-state index is 11.0. The highest BCUT2D eigenvalue weighted by Gasteiger charge is 2.27. The molecule has 9 heteroatoms. The van der Waals surface area contributed by atoms with E-state index in [1.54, 1.807) is 13.8 Å². The van der Waals surface area contributed by atoms with Gasteiger partial charge in [0.2, 0.25) is 11.8 Å². The van der Waals surface area contributed by atoms with Crippen LogP contribution in [0.3, 0.4) is 0 Å². The van der Waals surface area contributed by atoms with Crippen LogP contribution in [-0.4, -0.2) is 63.2 Å². The summed E-state index contributed by atoms with van der Waals surface area (Å²) in [5, 5.41) is 20.9. The van der Waals surface area contributed by atoms with E-state index >= 15 is 0 Å². The molecule has 1 saturated heterocycles. The summed E-state index contributed by atoms with van der Waals surface area (Å²) in [6.45, 7) is 6.66. The number of hydrogen-bond acceptors (Lipinski definition) is 8. The summed E-state index contributed by atoms with van der Waals surface area (Å²) in [4.78, 5) is 22.2. The Balaban J connectivity index is 2.09. The summed E-state index contributed by atoms with van der Waals surface area (Å²) in [5.74, 6) is 0.282. The van der Waals surface area contributed by atoms with Crippen molar-refractivity contribution in [2.45, 2.75) is 19.4 Å². The zero-order valence-electron chi connectivity index (χ0n) is 12.2. The van der Waals surface area contributed by atoms with Gasteiger partial charge in [0.1, 0.15) is 6.20 Å². The van der Waals surface area contributed by atoms with Gasteiger partial charge in [0.25, 0.3) is 0 Å². The number of nitrogens with zero attached hydrogens (tertiary/aromatic N) is 5. The minimum absolute atomic E-state index is 0.0227. The second kappa shape index (κ2) is 5.78. The monoisotopic (exact) mass is 296 g/mol. The molecule has 0 spiro atoms. The van der Waals surface area contributed by atoms with Crippen molar-refractivity contribution in [1.29, 1.82) is 0 Å². The fourth-order valence-corrected chi connectivity index (χ4v) is 2.41. The zero-order chi connectivity index (χ0) is 15.6. The lowest BCUT2D eigenvalue weighted by Gasteiger charge is -2.37. The molecule has 0 aliphatic carbocycles. The van der Waals surface area contributed by atoms with Crippen molar-refractivity contribution in [3.63, 3.8) is 0 Å². The van der Waals surface area contributed by atoms with Gasteiger partial charge in [-0.1, -0.05) is 0 Å². The first-order valence-corrected chi connectivity index (χ1v) is 6.73. The molecule has 3 N–H and O–H groups in total. The Morgan fingerprint density at radius 1 is 1.43 bits per heavy atom. The quantitative estimate of drug-likeness (QED) is 0.581. The van der Waals surface area contributed by atoms with Crippen LogP contribution in [-0.2, 0) is 0 Å². The molecule has 0 amide bonds. The number of nitrogens with two attached hydrogens (primary N) is 1. The maximum Gasteiger partial charge on any atom is 0.329 e. The topological polar surface area (TPSA) is 122 Å². The average Bonchev–Trinajstić information content (AvgIpc) is 2.37. The third-order valence-corrected chi connectivity index (χ3v) is 3.25. The van der Waals surface area contributed by atoms with E-state index in [2.05, 4.69) is 14.9 Å². The number of nitro groups is 1. The maximum absolute atomic E-state index is 11.0. The highest BCUT2D eigenvalue weighted by Crippen LogP contribution is 2.26. The molecule has 0 bridgehead atoms. The Bertz CT molecular complexity index is 522. The summed E-state index contributed by atoms with van der Waals surface area (Å²) < 4.78 is 0. The normalized spacial score (nSPS) is 17.0. The lowest BCUT2D eigenvalue weighted by Crippen LogP contribution is -2.50. The number of anilines is 2. The second-order valence-electron chi connectivity index (χ2n) is 5.77. The molecule has 1 fully saturated rings. The Morgan fingerprint density at radius 3 is 2.57 bits per heavy atom. The third kappa shape index (κ3) is 3.99. The number of aromatic nitrogens is 2. The predicted octanol–water partition coefficient (Wildman–Crippen LogP) is -0.140. The molecule has 0 aromatic carbocycles. The van der Waals surface area contributed by atoms with Crippen LogP contribution in [0.15, 0.2) is 6.20 Å². The van der Waals surface area contributed by atoms with Crippen molar-refractivity contribution in [1.82, 2.24) is 14.9 Å². The van der Waals surface area contributed by atoms with E-state index in [1.807, 2.05) is 4.90 Å². The molecule has 0 saturated carbocycles. The van der Waals surface area contributed by atoms with Crippen LogP contribution in [0.25, 0.3) is 0 Å². The van der Waals surface area contributed by atoms with E-state index in [9.17, 15) is 15.2 Å². The molecular formula is C12H20N6O3. The molecule has 1 aliphatic heterocycles. The average molecular weight is 296 g/mol. The molecule has 1 aromatic heterocycles. The fourth-order valence-electron chi connectivity index (χ4n) is 2.41. The Kier molecular flexibility index (Phi) is 4.24. The van der Waals surface area contributed by atoms with Crippen LogP contribution in [0.1, 0.15) is 13.8 Å². The van der Waals surface area contributed by atoms with Gasteiger partial charge in [-0.05, 0) is 13.8 Å². The minimum atomic E-state index is -0.756. The Hall–Kier alpha value is -2.00. The fraction of sp³-hybridized carbons (Fsp3) is 0.667. The number of nitrogen functional groups attached to an aromatic ring is 1. The van der Waals surface area contributed by atoms with Gasteiger partial charge in [-0.2, -0.15) is 4.98 Å². The van der Waals surface area contributed by atoms with E-state index in [4.69, 9.17) is 5.73 Å². The Labute approximate surface area is 122 Å². The predicted molar refractivity (Wildman–Crippen MR) is 78.0 cm³/mol. The van der Waals surface area contributed by atoms with Crippen LogP contribution in [0, 0.1) is 10.1 Å². The molecule has 1 aromatic rings. The van der Waals surface area contributed by atoms with E-state index < -0.39 is 10.5 Å². The molecule has 1 aliphatic rings. The number of piperazine rings is 1. The summed E-state index contributed by atoms with van der Waals surface area (Å²) in [7, 11) is 0. The highest BCUT2D eigenvalue weighted by molar-refractivity contribution is 5.58. The van der Waals surface area contributed by atoms with Crippen LogP contribution in [0.4, 0.5) is 17.5 Å². The van der Waals surface area contributed by atoms with Gasteiger partial charge in [-0.3, -0.25) is 15.0 Å². The van der Waals surface area contributed by atoms with Crippen molar-refractivity contribution in [3.8, 4) is 0 Å². The molecule has 0 radical (unpaired) electrons. The standard InChI is InChI=1S/C12H20N6O3/c1-12(2,19)8-16-3-5-17(6-4-16)10-9(18(20)21)7-14-11(13)15-10/h7,19H,3-6,8H2,1-2H3,(H2,13,14,15). The SMILES string of the molecule is CC(C)(O)CN1CCN(c2nc(N)ncc2[N+](=O)[O-])CC1. The van der Waals surface area contributed by atoms with Crippen LogP contribution in [0.2, 0.25) is 0 Å². The first kappa shape index (κ1) is 15.4. The van der Waals surface area contributed by atoms with Crippen molar-refractivity contribution in [2.75, 3.05) is 43.4 Å². The molecule has 0 atom stereocenters. The van der Waals surface area contributed by atoms with Crippen molar-refractivity contribution in [2.24, 2.45) is 0 Å². The van der Waals surface area contributed by atoms with Crippen LogP contribution in [0.5, 0.6) is 0 Å². The lowest BCUT2D eigenvalue weighted by atomic mass is 10.1. The van der Waals surface area contributed by atoms with Crippen molar-refractivity contribution < 1.29 is 10.0 Å². The molecule has 21 heavy (non-hydrogen) atoms. The number of β-amino-alcohol motifs (C(OH)–C–C–N with tert-alkyl or cyclic N) is 1. The zero-order valence-corrected chi connectivity index (χ0v) is 12.2. The highest BCUT2D eigenvalue weighted by atomic mass is 16.6. The van der Waals surface area contributed by atoms with Gasteiger partial charge in [-0.25, -0.2) is 4.98 Å². The van der Waals surface area contributed by atoms with Gasteiger partial charge in [0.15, 0.2) is 0 Å². The lowest BCUT2D eigenvalue weighted by molar-refractivity contribution is -0.384. The smallest absolute Gasteiger partial charge is 0.329 e. The number of rotatable bonds is 4. The first-order valence-electron chi connectivity index (χ1n) is 6.73. The van der Waals surface area contributed by atoms with Crippen molar-refractivity contribution >= 4 is 17.5 Å². The van der Waals surface area contributed by atoms with Gasteiger partial charge in [0, 0.05) is 32.7 Å². The van der Waals surface area contributed by atoms with Crippen LogP contribution < -0.4 is 10.6 Å². The molecule has 9 nitrogen and oxygen atoms in total. The van der Waals surface area contributed by atoms with E-state index in [0.29, 0.717) is 32.7 Å².